The van der Waals surface area contributed by atoms with E-state index < -0.39 is 0 Å². The number of hydrogen-bond donors (Lipinski definition) is 0. The Hall–Kier alpha value is -1.20. The fraction of sp³-hybridized carbons (Fsp3) is 0.438. The normalized spacial score (nSPS) is 19.3. The Balaban J connectivity index is 1.86. The Kier molecular flexibility index (Phi) is 4.13. The maximum absolute atomic E-state index is 14.0. The molecule has 0 N–H and O–H groups in total. The Morgan fingerprint density at radius 1 is 1.43 bits per heavy atom. The summed E-state index contributed by atoms with van der Waals surface area (Å²) in [6.07, 6.45) is 2.18. The zero-order chi connectivity index (χ0) is 15.0. The van der Waals surface area contributed by atoms with Gasteiger partial charge < -0.3 is 4.52 Å². The third-order valence-electron chi connectivity index (χ3n) is 4.17. The van der Waals surface area contributed by atoms with Crippen molar-refractivity contribution in [3.05, 3.63) is 51.1 Å². The highest BCUT2D eigenvalue weighted by Gasteiger charge is 2.31. The number of aryl methyl sites for hydroxylation is 2. The Morgan fingerprint density at radius 3 is 2.95 bits per heavy atom. The van der Waals surface area contributed by atoms with Crippen LogP contribution in [-0.2, 0) is 6.54 Å². The monoisotopic (exact) mass is 352 g/mol. The van der Waals surface area contributed by atoms with Gasteiger partial charge in [-0.1, -0.05) is 21.1 Å². The molecule has 1 aromatic carbocycles. The second kappa shape index (κ2) is 5.89. The summed E-state index contributed by atoms with van der Waals surface area (Å²) < 4.78 is 20.2. The van der Waals surface area contributed by atoms with E-state index in [2.05, 4.69) is 26.0 Å². The molecule has 0 spiro atoms. The van der Waals surface area contributed by atoms with Gasteiger partial charge in [-0.15, -0.1) is 0 Å². The van der Waals surface area contributed by atoms with Crippen molar-refractivity contribution in [3.8, 4) is 0 Å². The summed E-state index contributed by atoms with van der Waals surface area (Å²) in [4.78, 5) is 2.32. The molecule has 1 fully saturated rings. The van der Waals surface area contributed by atoms with Gasteiger partial charge in [0, 0.05) is 28.2 Å². The molecular weight excluding hydrogens is 335 g/mol. The molecule has 1 atom stereocenters. The van der Waals surface area contributed by atoms with Gasteiger partial charge in [0.15, 0.2) is 0 Å². The lowest BCUT2D eigenvalue weighted by Crippen LogP contribution is -2.24. The molecule has 3 nitrogen and oxygen atoms in total. The van der Waals surface area contributed by atoms with E-state index in [1.165, 1.54) is 11.6 Å². The minimum absolute atomic E-state index is 0.150. The van der Waals surface area contributed by atoms with E-state index in [-0.39, 0.29) is 11.9 Å². The molecule has 2 heterocycles. The minimum atomic E-state index is -0.150. The summed E-state index contributed by atoms with van der Waals surface area (Å²) in [6.45, 7) is 5.51. The van der Waals surface area contributed by atoms with E-state index in [0.29, 0.717) is 6.54 Å². The third-order valence-corrected chi connectivity index (χ3v) is 4.66. The van der Waals surface area contributed by atoms with Crippen molar-refractivity contribution in [1.82, 2.24) is 10.1 Å². The fourth-order valence-electron chi connectivity index (χ4n) is 3.19. The first-order valence-electron chi connectivity index (χ1n) is 7.17. The van der Waals surface area contributed by atoms with Crippen LogP contribution in [0.1, 0.15) is 41.5 Å². The first kappa shape index (κ1) is 14.7. The smallest absolute Gasteiger partial charge is 0.138 e. The lowest BCUT2D eigenvalue weighted by Gasteiger charge is -2.24. The largest absolute Gasteiger partial charge is 0.361 e. The third kappa shape index (κ3) is 2.90. The van der Waals surface area contributed by atoms with Crippen molar-refractivity contribution in [1.29, 1.82) is 0 Å². The summed E-state index contributed by atoms with van der Waals surface area (Å²) in [5, 5.41) is 4.05. The van der Waals surface area contributed by atoms with E-state index in [4.69, 9.17) is 4.52 Å². The fourth-order valence-corrected chi connectivity index (χ4v) is 3.60. The standard InChI is InChI=1S/C16H18BrFN2O/c1-10-16(11(2)21-19-10)15-4-3-7-20(15)9-12-8-13(17)5-6-14(12)18/h5-6,8,15H,3-4,7,9H2,1-2H3. The summed E-state index contributed by atoms with van der Waals surface area (Å²) >= 11 is 3.41. The molecule has 0 bridgehead atoms. The van der Waals surface area contributed by atoms with E-state index in [1.54, 1.807) is 6.07 Å². The molecule has 5 heteroatoms. The highest BCUT2D eigenvalue weighted by atomic mass is 79.9. The molecule has 2 aromatic rings. The molecule has 1 saturated heterocycles. The van der Waals surface area contributed by atoms with Crippen molar-refractivity contribution in [2.45, 2.75) is 39.3 Å². The highest BCUT2D eigenvalue weighted by molar-refractivity contribution is 9.10. The Morgan fingerprint density at radius 2 is 2.24 bits per heavy atom. The van der Waals surface area contributed by atoms with Crippen LogP contribution in [0.3, 0.4) is 0 Å². The van der Waals surface area contributed by atoms with Gasteiger partial charge in [0.2, 0.25) is 0 Å². The maximum atomic E-state index is 14.0. The Bertz CT molecular complexity index is 636. The van der Waals surface area contributed by atoms with Crippen molar-refractivity contribution < 1.29 is 8.91 Å². The second-order valence-electron chi connectivity index (χ2n) is 5.60. The van der Waals surface area contributed by atoms with Gasteiger partial charge in [-0.3, -0.25) is 4.90 Å². The van der Waals surface area contributed by atoms with E-state index >= 15 is 0 Å². The topological polar surface area (TPSA) is 29.3 Å². The van der Waals surface area contributed by atoms with Gasteiger partial charge in [0.25, 0.3) is 0 Å². The minimum Gasteiger partial charge on any atom is -0.361 e. The molecule has 0 saturated carbocycles. The van der Waals surface area contributed by atoms with Gasteiger partial charge in [-0.25, -0.2) is 4.39 Å². The zero-order valence-electron chi connectivity index (χ0n) is 12.2. The SMILES string of the molecule is Cc1noc(C)c1C1CCCN1Cc1cc(Br)ccc1F. The first-order chi connectivity index (χ1) is 10.1. The van der Waals surface area contributed by atoms with Crippen LogP contribution in [0.2, 0.25) is 0 Å². The molecule has 0 amide bonds. The number of halogens is 2. The summed E-state index contributed by atoms with van der Waals surface area (Å²) in [5.74, 6) is 0.724. The summed E-state index contributed by atoms with van der Waals surface area (Å²) in [5.41, 5.74) is 2.84. The van der Waals surface area contributed by atoms with Crippen LogP contribution in [0.25, 0.3) is 0 Å². The predicted octanol–water partition coefficient (Wildman–Crippen LogP) is 4.53. The second-order valence-corrected chi connectivity index (χ2v) is 6.52. The van der Waals surface area contributed by atoms with E-state index in [0.717, 1.165) is 40.9 Å². The van der Waals surface area contributed by atoms with Crippen molar-refractivity contribution in [3.63, 3.8) is 0 Å². The van der Waals surface area contributed by atoms with Crippen LogP contribution in [0, 0.1) is 19.7 Å². The number of hydrogen-bond acceptors (Lipinski definition) is 3. The molecule has 0 radical (unpaired) electrons. The van der Waals surface area contributed by atoms with Gasteiger partial charge in [0.1, 0.15) is 11.6 Å². The summed E-state index contributed by atoms with van der Waals surface area (Å²) in [7, 11) is 0. The molecule has 1 unspecified atom stereocenters. The van der Waals surface area contributed by atoms with E-state index in [1.807, 2.05) is 19.9 Å². The van der Waals surface area contributed by atoms with Crippen molar-refractivity contribution in [2.75, 3.05) is 6.54 Å². The number of likely N-dealkylation sites (tertiary alicyclic amines) is 1. The number of benzene rings is 1. The zero-order valence-corrected chi connectivity index (χ0v) is 13.8. The quantitative estimate of drug-likeness (QED) is 0.812. The average molecular weight is 353 g/mol. The van der Waals surface area contributed by atoms with Gasteiger partial charge >= 0.3 is 0 Å². The van der Waals surface area contributed by atoms with E-state index in [9.17, 15) is 4.39 Å². The van der Waals surface area contributed by atoms with Crippen molar-refractivity contribution in [2.24, 2.45) is 0 Å². The molecule has 3 rings (SSSR count). The Labute approximate surface area is 132 Å². The van der Waals surface area contributed by atoms with Gasteiger partial charge in [-0.2, -0.15) is 0 Å². The molecule has 1 aliphatic heterocycles. The van der Waals surface area contributed by atoms with Crippen LogP contribution in [0.5, 0.6) is 0 Å². The number of aromatic nitrogens is 1. The molecule has 1 aliphatic rings. The molecule has 112 valence electrons. The molecule has 1 aromatic heterocycles. The van der Waals surface area contributed by atoms with Crippen molar-refractivity contribution >= 4 is 15.9 Å². The molecule has 0 aliphatic carbocycles. The van der Waals surface area contributed by atoms with Crippen LogP contribution in [0.4, 0.5) is 4.39 Å². The lowest BCUT2D eigenvalue weighted by atomic mass is 10.0. The van der Waals surface area contributed by atoms with Crippen LogP contribution in [0.15, 0.2) is 27.2 Å². The highest BCUT2D eigenvalue weighted by Crippen LogP contribution is 2.36. The lowest BCUT2D eigenvalue weighted by molar-refractivity contribution is 0.242. The van der Waals surface area contributed by atoms with Gasteiger partial charge in [0.05, 0.1) is 5.69 Å². The van der Waals surface area contributed by atoms with Crippen LogP contribution in [-0.4, -0.2) is 16.6 Å². The first-order valence-corrected chi connectivity index (χ1v) is 7.96. The average Bonchev–Trinajstić information content (AvgIpc) is 3.01. The summed E-state index contributed by atoms with van der Waals surface area (Å²) in [6, 6.07) is 5.38. The molecular formula is C16H18BrFN2O. The number of rotatable bonds is 3. The molecule has 21 heavy (non-hydrogen) atoms. The predicted molar refractivity (Wildman–Crippen MR) is 82.5 cm³/mol. The van der Waals surface area contributed by atoms with Crippen LogP contribution >= 0.6 is 15.9 Å². The number of nitrogens with zero attached hydrogens (tertiary/aromatic N) is 2. The maximum Gasteiger partial charge on any atom is 0.138 e. The van der Waals surface area contributed by atoms with Gasteiger partial charge in [-0.05, 0) is 51.4 Å². The van der Waals surface area contributed by atoms with Crippen LogP contribution < -0.4 is 0 Å².